The third-order valence-corrected chi connectivity index (χ3v) is 8.46. The van der Waals surface area contributed by atoms with Gasteiger partial charge in [0.1, 0.15) is 5.75 Å². The number of nitrogens with zero attached hydrogens (tertiary/aromatic N) is 4. The van der Waals surface area contributed by atoms with Crippen molar-refractivity contribution in [2.75, 3.05) is 55.6 Å². The van der Waals surface area contributed by atoms with Crippen LogP contribution in [0.5, 0.6) is 5.75 Å². The Kier molecular flexibility index (Phi) is 8.70. The SMILES string of the molecule is CCCN1CCN(c2ncc(-c3cccc(OCC)c3)cc2N(C)S(=O)(=O)c2cccc(C(F)(F)F)c2)CC1. The summed E-state index contributed by atoms with van der Waals surface area (Å²) in [4.78, 5) is 8.62. The number of pyridine rings is 1. The van der Waals surface area contributed by atoms with Crippen molar-refractivity contribution in [1.29, 1.82) is 0 Å². The Hall–Kier alpha value is -3.31. The van der Waals surface area contributed by atoms with Crippen LogP contribution in [0.15, 0.2) is 65.7 Å². The lowest BCUT2D eigenvalue weighted by molar-refractivity contribution is -0.137. The second-order valence-corrected chi connectivity index (χ2v) is 11.3. The van der Waals surface area contributed by atoms with Gasteiger partial charge in [-0.1, -0.05) is 25.1 Å². The van der Waals surface area contributed by atoms with E-state index in [2.05, 4.69) is 11.8 Å². The first-order valence-corrected chi connectivity index (χ1v) is 14.4. The predicted molar refractivity (Wildman–Crippen MR) is 147 cm³/mol. The summed E-state index contributed by atoms with van der Waals surface area (Å²) in [5.41, 5.74) is 0.699. The fraction of sp³-hybridized carbons (Fsp3) is 0.393. The van der Waals surface area contributed by atoms with E-state index < -0.39 is 26.7 Å². The van der Waals surface area contributed by atoms with Crippen LogP contribution in [-0.4, -0.2) is 64.7 Å². The molecule has 1 aromatic heterocycles. The molecule has 3 aromatic rings. The zero-order chi connectivity index (χ0) is 28.2. The average Bonchev–Trinajstić information content (AvgIpc) is 2.93. The molecule has 0 spiro atoms. The van der Waals surface area contributed by atoms with Crippen LogP contribution in [0.2, 0.25) is 0 Å². The summed E-state index contributed by atoms with van der Waals surface area (Å²) in [5.74, 6) is 1.13. The Labute approximate surface area is 227 Å². The van der Waals surface area contributed by atoms with Crippen molar-refractivity contribution >= 4 is 21.5 Å². The first kappa shape index (κ1) is 28.7. The molecule has 11 heteroatoms. The third kappa shape index (κ3) is 6.47. The van der Waals surface area contributed by atoms with Crippen molar-refractivity contribution in [2.24, 2.45) is 0 Å². The lowest BCUT2D eigenvalue weighted by Crippen LogP contribution is -2.47. The van der Waals surface area contributed by atoms with Crippen LogP contribution in [-0.2, 0) is 16.2 Å². The fourth-order valence-corrected chi connectivity index (χ4v) is 5.87. The minimum absolute atomic E-state index is 0.288. The van der Waals surface area contributed by atoms with E-state index in [1.807, 2.05) is 36.1 Å². The molecular weight excluding hydrogens is 529 g/mol. The zero-order valence-corrected chi connectivity index (χ0v) is 23.1. The maximum Gasteiger partial charge on any atom is 0.416 e. The van der Waals surface area contributed by atoms with Gasteiger partial charge in [-0.15, -0.1) is 0 Å². The quantitative estimate of drug-likeness (QED) is 0.342. The molecule has 1 aliphatic heterocycles. The minimum Gasteiger partial charge on any atom is -0.494 e. The summed E-state index contributed by atoms with van der Waals surface area (Å²) >= 11 is 0. The molecule has 1 saturated heterocycles. The standard InChI is InChI=1S/C28H33F3N4O3S/c1-4-12-34-13-15-35(16-14-34)27-26(18-22(20-32-27)21-8-6-10-24(17-21)38-5-2)33(3)39(36,37)25-11-7-9-23(19-25)28(29,30)31/h6-11,17-20H,4-5,12-16H2,1-3H3. The monoisotopic (exact) mass is 562 g/mol. The molecule has 7 nitrogen and oxygen atoms in total. The fourth-order valence-electron chi connectivity index (χ4n) is 4.63. The first-order valence-electron chi connectivity index (χ1n) is 12.9. The van der Waals surface area contributed by atoms with E-state index in [1.165, 1.54) is 13.1 Å². The van der Waals surface area contributed by atoms with Crippen LogP contribution in [0.3, 0.4) is 0 Å². The smallest absolute Gasteiger partial charge is 0.416 e. The summed E-state index contributed by atoms with van der Waals surface area (Å²) in [6.07, 6.45) is -1.94. The topological polar surface area (TPSA) is 66.0 Å². The van der Waals surface area contributed by atoms with Crippen LogP contribution in [0.1, 0.15) is 25.8 Å². The summed E-state index contributed by atoms with van der Waals surface area (Å²) in [5, 5.41) is 0. The normalized spacial score (nSPS) is 14.9. The van der Waals surface area contributed by atoms with Gasteiger partial charge in [0.25, 0.3) is 10.0 Å². The third-order valence-electron chi connectivity index (χ3n) is 6.70. The van der Waals surface area contributed by atoms with Gasteiger partial charge in [-0.25, -0.2) is 13.4 Å². The Bertz CT molecular complexity index is 1390. The van der Waals surface area contributed by atoms with E-state index in [0.717, 1.165) is 48.1 Å². The summed E-state index contributed by atoms with van der Waals surface area (Å²) in [6.45, 7) is 8.39. The average molecular weight is 563 g/mol. The van der Waals surface area contributed by atoms with Gasteiger partial charge in [-0.3, -0.25) is 9.21 Å². The van der Waals surface area contributed by atoms with E-state index in [4.69, 9.17) is 9.72 Å². The number of piperazine rings is 1. The van der Waals surface area contributed by atoms with Gasteiger partial charge in [0, 0.05) is 45.0 Å². The van der Waals surface area contributed by atoms with Gasteiger partial charge >= 0.3 is 6.18 Å². The molecule has 0 saturated carbocycles. The number of benzene rings is 2. The number of hydrogen-bond acceptors (Lipinski definition) is 6. The van der Waals surface area contributed by atoms with E-state index in [0.29, 0.717) is 42.9 Å². The van der Waals surface area contributed by atoms with Gasteiger partial charge in [0.05, 0.1) is 22.8 Å². The summed E-state index contributed by atoms with van der Waals surface area (Å²) in [7, 11) is -2.99. The van der Waals surface area contributed by atoms with Gasteiger partial charge in [-0.2, -0.15) is 13.2 Å². The number of aromatic nitrogens is 1. The molecule has 1 aliphatic rings. The van der Waals surface area contributed by atoms with Gasteiger partial charge < -0.3 is 9.64 Å². The summed E-state index contributed by atoms with van der Waals surface area (Å²) < 4.78 is 74.0. The largest absolute Gasteiger partial charge is 0.494 e. The molecule has 39 heavy (non-hydrogen) atoms. The molecule has 0 unspecified atom stereocenters. The molecule has 0 radical (unpaired) electrons. The van der Waals surface area contributed by atoms with Crippen LogP contribution in [0, 0.1) is 0 Å². The highest BCUT2D eigenvalue weighted by atomic mass is 32.2. The lowest BCUT2D eigenvalue weighted by atomic mass is 10.1. The molecule has 0 amide bonds. The molecule has 2 aromatic carbocycles. The second kappa shape index (κ2) is 11.8. The van der Waals surface area contributed by atoms with E-state index in [1.54, 1.807) is 12.3 Å². The number of anilines is 2. The number of alkyl halides is 3. The zero-order valence-electron chi connectivity index (χ0n) is 22.3. The highest BCUT2D eigenvalue weighted by Crippen LogP contribution is 2.37. The highest BCUT2D eigenvalue weighted by Gasteiger charge is 2.33. The molecule has 0 aliphatic carbocycles. The maximum atomic E-state index is 13.7. The maximum absolute atomic E-state index is 13.7. The molecule has 0 bridgehead atoms. The molecule has 210 valence electrons. The number of sulfonamides is 1. The first-order chi connectivity index (χ1) is 18.5. The Morgan fingerprint density at radius 1 is 0.974 bits per heavy atom. The molecule has 4 rings (SSSR count). The van der Waals surface area contributed by atoms with Crippen molar-refractivity contribution in [3.05, 3.63) is 66.4 Å². The molecule has 0 atom stereocenters. The number of rotatable bonds is 9. The lowest BCUT2D eigenvalue weighted by Gasteiger charge is -2.37. The van der Waals surface area contributed by atoms with Crippen LogP contribution < -0.4 is 13.9 Å². The number of ether oxygens (including phenoxy) is 1. The predicted octanol–water partition coefficient (Wildman–Crippen LogP) is 5.52. The van der Waals surface area contributed by atoms with Gasteiger partial charge in [-0.05, 0) is 61.9 Å². The van der Waals surface area contributed by atoms with Crippen LogP contribution in [0.25, 0.3) is 11.1 Å². The Morgan fingerprint density at radius 3 is 2.36 bits per heavy atom. The van der Waals surface area contributed by atoms with E-state index in [-0.39, 0.29) is 5.69 Å². The van der Waals surface area contributed by atoms with Gasteiger partial charge in [0.2, 0.25) is 0 Å². The van der Waals surface area contributed by atoms with Crippen LogP contribution >= 0.6 is 0 Å². The van der Waals surface area contributed by atoms with Crippen molar-refractivity contribution < 1.29 is 26.3 Å². The van der Waals surface area contributed by atoms with Gasteiger partial charge in [0.15, 0.2) is 5.82 Å². The van der Waals surface area contributed by atoms with Crippen molar-refractivity contribution in [1.82, 2.24) is 9.88 Å². The highest BCUT2D eigenvalue weighted by molar-refractivity contribution is 7.92. The Morgan fingerprint density at radius 2 is 1.69 bits per heavy atom. The second-order valence-electron chi connectivity index (χ2n) is 9.35. The molecule has 0 N–H and O–H groups in total. The Balaban J connectivity index is 1.77. The van der Waals surface area contributed by atoms with Crippen molar-refractivity contribution in [3.8, 4) is 16.9 Å². The van der Waals surface area contributed by atoms with E-state index >= 15 is 0 Å². The molecular formula is C28H33F3N4O3S. The van der Waals surface area contributed by atoms with Crippen molar-refractivity contribution in [3.63, 3.8) is 0 Å². The van der Waals surface area contributed by atoms with E-state index in [9.17, 15) is 21.6 Å². The van der Waals surface area contributed by atoms with Crippen molar-refractivity contribution in [2.45, 2.75) is 31.3 Å². The number of halogens is 3. The summed E-state index contributed by atoms with van der Waals surface area (Å²) in [6, 6.07) is 12.9. The number of hydrogen-bond donors (Lipinski definition) is 0. The molecule has 2 heterocycles. The molecule has 1 fully saturated rings. The minimum atomic E-state index is -4.67. The van der Waals surface area contributed by atoms with Crippen LogP contribution in [0.4, 0.5) is 24.7 Å².